The molecule has 1 aromatic carbocycles. The first-order chi connectivity index (χ1) is 10.5. The third-order valence-electron chi connectivity index (χ3n) is 3.37. The maximum atomic E-state index is 12.1. The topological polar surface area (TPSA) is 66.4 Å². The maximum absolute atomic E-state index is 12.1. The van der Waals surface area contributed by atoms with Crippen molar-refractivity contribution in [3.8, 4) is 0 Å². The summed E-state index contributed by atoms with van der Waals surface area (Å²) in [5.41, 5.74) is 1.38. The van der Waals surface area contributed by atoms with Gasteiger partial charge in [0.15, 0.2) is 5.78 Å². The Kier molecular flexibility index (Phi) is 5.46. The van der Waals surface area contributed by atoms with Crippen molar-refractivity contribution in [1.82, 2.24) is 5.32 Å². The largest absolute Gasteiger partial charge is 0.388 e. The highest BCUT2D eigenvalue weighted by atomic mass is 32.1. The van der Waals surface area contributed by atoms with E-state index >= 15 is 0 Å². The number of benzene rings is 1. The van der Waals surface area contributed by atoms with E-state index in [4.69, 9.17) is 0 Å². The van der Waals surface area contributed by atoms with Crippen LogP contribution in [0, 0.1) is 0 Å². The molecule has 116 valence electrons. The number of nitrogens with one attached hydrogen (secondary N) is 1. The summed E-state index contributed by atoms with van der Waals surface area (Å²) in [4.78, 5) is 23.9. The molecule has 2 atom stereocenters. The molecule has 1 amide bonds. The summed E-state index contributed by atoms with van der Waals surface area (Å²) in [5, 5.41) is 14.7. The van der Waals surface area contributed by atoms with Gasteiger partial charge in [0.2, 0.25) is 0 Å². The van der Waals surface area contributed by atoms with Gasteiger partial charge in [0.25, 0.3) is 5.91 Å². The van der Waals surface area contributed by atoms with Gasteiger partial charge in [-0.3, -0.25) is 9.59 Å². The van der Waals surface area contributed by atoms with Crippen molar-refractivity contribution in [2.24, 2.45) is 0 Å². The van der Waals surface area contributed by atoms with E-state index in [1.165, 1.54) is 18.3 Å². The molecule has 2 rings (SSSR count). The Morgan fingerprint density at radius 2 is 1.95 bits per heavy atom. The maximum Gasteiger partial charge on any atom is 0.261 e. The molecule has 0 unspecified atom stereocenters. The Balaban J connectivity index is 1.92. The number of aliphatic hydroxyl groups excluding tert-OH is 1. The van der Waals surface area contributed by atoms with Gasteiger partial charge in [-0.05, 0) is 31.9 Å². The standard InChI is InChI=1S/C17H19NO3S/c1-11(8-15(20)13-6-4-3-5-7-13)18-17(21)16-9-14(10-22-16)12(2)19/h3-7,9-11,15,20H,8H2,1-2H3,(H,18,21)/t11-,15-/m1/s1. The van der Waals surface area contributed by atoms with Crippen LogP contribution in [0.15, 0.2) is 41.8 Å². The van der Waals surface area contributed by atoms with Crippen LogP contribution in [0.3, 0.4) is 0 Å². The molecule has 4 nitrogen and oxygen atoms in total. The summed E-state index contributed by atoms with van der Waals surface area (Å²) < 4.78 is 0. The second kappa shape index (κ2) is 7.33. The molecule has 0 saturated carbocycles. The first-order valence-corrected chi connectivity index (χ1v) is 7.98. The average molecular weight is 317 g/mol. The van der Waals surface area contributed by atoms with E-state index in [1.807, 2.05) is 37.3 Å². The van der Waals surface area contributed by atoms with Crippen molar-refractivity contribution in [2.75, 3.05) is 0 Å². The molecular weight excluding hydrogens is 298 g/mol. The molecule has 0 radical (unpaired) electrons. The molecule has 0 aliphatic heterocycles. The number of carbonyl (C=O) groups excluding carboxylic acids is 2. The van der Waals surface area contributed by atoms with Gasteiger partial charge in [0, 0.05) is 17.0 Å². The van der Waals surface area contributed by atoms with Gasteiger partial charge < -0.3 is 10.4 Å². The van der Waals surface area contributed by atoms with Gasteiger partial charge >= 0.3 is 0 Å². The molecule has 0 bridgehead atoms. The van der Waals surface area contributed by atoms with Crippen LogP contribution in [0.2, 0.25) is 0 Å². The van der Waals surface area contributed by atoms with Crippen LogP contribution in [0.5, 0.6) is 0 Å². The minimum Gasteiger partial charge on any atom is -0.388 e. The fourth-order valence-corrected chi connectivity index (χ4v) is 2.99. The van der Waals surface area contributed by atoms with E-state index in [2.05, 4.69) is 5.32 Å². The zero-order chi connectivity index (χ0) is 16.1. The van der Waals surface area contributed by atoms with Gasteiger partial charge in [0.1, 0.15) is 0 Å². The lowest BCUT2D eigenvalue weighted by Crippen LogP contribution is -2.33. The summed E-state index contributed by atoms with van der Waals surface area (Å²) in [6.45, 7) is 3.33. The number of hydrogen-bond acceptors (Lipinski definition) is 4. The van der Waals surface area contributed by atoms with Gasteiger partial charge in [-0.25, -0.2) is 0 Å². The van der Waals surface area contributed by atoms with Crippen LogP contribution in [-0.4, -0.2) is 22.8 Å². The first kappa shape index (κ1) is 16.4. The summed E-state index contributed by atoms with van der Waals surface area (Å²) in [6, 6.07) is 10.8. The van der Waals surface area contributed by atoms with Crippen molar-refractivity contribution in [3.05, 3.63) is 57.8 Å². The third kappa shape index (κ3) is 4.26. The molecule has 0 spiro atoms. The van der Waals surface area contributed by atoms with Crippen LogP contribution >= 0.6 is 11.3 Å². The quantitative estimate of drug-likeness (QED) is 0.804. The van der Waals surface area contributed by atoms with E-state index in [9.17, 15) is 14.7 Å². The second-order valence-corrected chi connectivity index (χ2v) is 6.20. The van der Waals surface area contributed by atoms with Crippen LogP contribution in [0.1, 0.15) is 52.0 Å². The number of hydrogen-bond donors (Lipinski definition) is 2. The highest BCUT2D eigenvalue weighted by molar-refractivity contribution is 7.12. The van der Waals surface area contributed by atoms with Gasteiger partial charge in [-0.1, -0.05) is 30.3 Å². The summed E-state index contributed by atoms with van der Waals surface area (Å²) in [5.74, 6) is -0.270. The van der Waals surface area contributed by atoms with Crippen LogP contribution < -0.4 is 5.32 Å². The van der Waals surface area contributed by atoms with E-state index in [-0.39, 0.29) is 17.7 Å². The number of Topliss-reactive ketones (excluding diaryl/α,β-unsaturated/α-hetero) is 1. The molecule has 22 heavy (non-hydrogen) atoms. The molecular formula is C17H19NO3S. The molecule has 0 aliphatic carbocycles. The Morgan fingerprint density at radius 1 is 1.27 bits per heavy atom. The third-order valence-corrected chi connectivity index (χ3v) is 4.30. The van der Waals surface area contributed by atoms with Crippen LogP contribution in [0.4, 0.5) is 0 Å². The molecule has 0 fully saturated rings. The van der Waals surface area contributed by atoms with Crippen molar-refractivity contribution < 1.29 is 14.7 Å². The van der Waals surface area contributed by atoms with Crippen molar-refractivity contribution >= 4 is 23.0 Å². The van der Waals surface area contributed by atoms with Gasteiger partial charge in [-0.15, -0.1) is 11.3 Å². The Bertz CT molecular complexity index is 651. The molecule has 5 heteroatoms. The zero-order valence-corrected chi connectivity index (χ0v) is 13.4. The molecule has 0 aliphatic rings. The average Bonchev–Trinajstić information content (AvgIpc) is 2.98. The number of ketones is 1. The molecule has 2 N–H and O–H groups in total. The highest BCUT2D eigenvalue weighted by Gasteiger charge is 2.17. The Hall–Kier alpha value is -1.98. The number of rotatable bonds is 6. The van der Waals surface area contributed by atoms with E-state index < -0.39 is 6.10 Å². The fourth-order valence-electron chi connectivity index (χ4n) is 2.14. The Labute approximate surface area is 133 Å². The van der Waals surface area contributed by atoms with Gasteiger partial charge in [-0.2, -0.15) is 0 Å². The van der Waals surface area contributed by atoms with Crippen LogP contribution in [0.25, 0.3) is 0 Å². The van der Waals surface area contributed by atoms with Crippen molar-refractivity contribution in [3.63, 3.8) is 0 Å². The normalized spacial score (nSPS) is 13.4. The minimum absolute atomic E-state index is 0.0529. The summed E-state index contributed by atoms with van der Waals surface area (Å²) in [6.07, 6.45) is -0.187. The van der Waals surface area contributed by atoms with E-state index in [0.717, 1.165) is 5.56 Å². The predicted molar refractivity (Wildman–Crippen MR) is 87.3 cm³/mol. The van der Waals surface area contributed by atoms with Crippen LogP contribution in [-0.2, 0) is 0 Å². The zero-order valence-electron chi connectivity index (χ0n) is 12.6. The lowest BCUT2D eigenvalue weighted by Gasteiger charge is -2.17. The smallest absolute Gasteiger partial charge is 0.261 e. The summed E-state index contributed by atoms with van der Waals surface area (Å²) >= 11 is 1.25. The first-order valence-electron chi connectivity index (χ1n) is 7.10. The second-order valence-electron chi connectivity index (χ2n) is 5.29. The monoisotopic (exact) mass is 317 g/mol. The number of amides is 1. The van der Waals surface area contributed by atoms with Crippen molar-refractivity contribution in [2.45, 2.75) is 32.4 Å². The molecule has 0 saturated heterocycles. The number of aliphatic hydroxyl groups is 1. The molecule has 1 heterocycles. The SMILES string of the molecule is CC(=O)c1csc(C(=O)N[C@H](C)C[C@@H](O)c2ccccc2)c1. The fraction of sp³-hybridized carbons (Fsp3) is 0.294. The summed E-state index contributed by atoms with van der Waals surface area (Å²) in [7, 11) is 0. The molecule has 2 aromatic rings. The van der Waals surface area contributed by atoms with Gasteiger partial charge in [0.05, 0.1) is 11.0 Å². The van der Waals surface area contributed by atoms with E-state index in [1.54, 1.807) is 11.4 Å². The Morgan fingerprint density at radius 3 is 2.55 bits per heavy atom. The molecule has 1 aromatic heterocycles. The number of carbonyl (C=O) groups is 2. The van der Waals surface area contributed by atoms with E-state index in [0.29, 0.717) is 16.9 Å². The lowest BCUT2D eigenvalue weighted by molar-refractivity contribution is 0.0921. The lowest BCUT2D eigenvalue weighted by atomic mass is 10.0. The predicted octanol–water partition coefficient (Wildman–Crippen LogP) is 3.19. The highest BCUT2D eigenvalue weighted by Crippen LogP contribution is 2.19. The van der Waals surface area contributed by atoms with Crippen molar-refractivity contribution in [1.29, 1.82) is 0 Å². The number of thiophene rings is 1. The minimum atomic E-state index is -0.618.